The van der Waals surface area contributed by atoms with Crippen molar-refractivity contribution in [2.45, 2.75) is 6.54 Å². The number of carbonyl (C=O) groups is 1. The SMILES string of the molecule is COCCNCc1ccc(-c2conc2C(=O)O)cc1. The number of nitrogens with one attached hydrogen (secondary N) is 1. The zero-order chi connectivity index (χ0) is 14.4. The lowest BCUT2D eigenvalue weighted by atomic mass is 10.0. The van der Waals surface area contributed by atoms with Crippen LogP contribution in [0.4, 0.5) is 0 Å². The van der Waals surface area contributed by atoms with Crippen molar-refractivity contribution in [2.75, 3.05) is 20.3 Å². The number of methoxy groups -OCH3 is 1. The van der Waals surface area contributed by atoms with Gasteiger partial charge in [-0.15, -0.1) is 0 Å². The first-order chi connectivity index (χ1) is 9.72. The summed E-state index contributed by atoms with van der Waals surface area (Å²) in [5.74, 6) is -1.10. The second kappa shape index (κ2) is 6.83. The van der Waals surface area contributed by atoms with Gasteiger partial charge in [-0.3, -0.25) is 0 Å². The number of rotatable bonds is 7. The van der Waals surface area contributed by atoms with E-state index >= 15 is 0 Å². The van der Waals surface area contributed by atoms with Crippen molar-refractivity contribution in [1.82, 2.24) is 10.5 Å². The first kappa shape index (κ1) is 14.2. The molecule has 2 rings (SSSR count). The maximum absolute atomic E-state index is 11.0. The molecule has 2 aromatic rings. The van der Waals surface area contributed by atoms with E-state index in [2.05, 4.69) is 10.5 Å². The molecule has 0 saturated heterocycles. The van der Waals surface area contributed by atoms with Crippen LogP contribution in [0.15, 0.2) is 35.1 Å². The summed E-state index contributed by atoms with van der Waals surface area (Å²) in [6.45, 7) is 2.19. The highest BCUT2D eigenvalue weighted by Gasteiger charge is 2.16. The minimum atomic E-state index is -1.10. The molecule has 0 unspecified atom stereocenters. The summed E-state index contributed by atoms with van der Waals surface area (Å²) >= 11 is 0. The highest BCUT2D eigenvalue weighted by atomic mass is 16.5. The third kappa shape index (κ3) is 3.43. The van der Waals surface area contributed by atoms with Crippen LogP contribution in [0, 0.1) is 0 Å². The normalized spacial score (nSPS) is 10.7. The van der Waals surface area contributed by atoms with E-state index in [0.717, 1.165) is 24.2 Å². The van der Waals surface area contributed by atoms with Gasteiger partial charge in [-0.05, 0) is 11.1 Å². The number of aromatic carboxylic acids is 1. The zero-order valence-corrected chi connectivity index (χ0v) is 11.1. The Balaban J connectivity index is 2.04. The summed E-state index contributed by atoms with van der Waals surface area (Å²) < 4.78 is 9.67. The molecule has 1 aromatic carbocycles. The van der Waals surface area contributed by atoms with E-state index in [-0.39, 0.29) is 5.69 Å². The van der Waals surface area contributed by atoms with Crippen LogP contribution in [0.5, 0.6) is 0 Å². The summed E-state index contributed by atoms with van der Waals surface area (Å²) in [7, 11) is 1.66. The number of nitrogens with zero attached hydrogens (tertiary/aromatic N) is 1. The zero-order valence-electron chi connectivity index (χ0n) is 11.1. The van der Waals surface area contributed by atoms with Crippen molar-refractivity contribution in [1.29, 1.82) is 0 Å². The van der Waals surface area contributed by atoms with Crippen molar-refractivity contribution >= 4 is 5.97 Å². The standard InChI is InChI=1S/C14H16N2O4/c1-19-7-6-15-8-10-2-4-11(5-3-10)12-9-20-16-13(12)14(17)18/h2-5,9,15H,6-8H2,1H3,(H,17,18). The van der Waals surface area contributed by atoms with Gasteiger partial charge < -0.3 is 19.7 Å². The minimum absolute atomic E-state index is 0.0732. The van der Waals surface area contributed by atoms with Gasteiger partial charge in [0.15, 0.2) is 5.69 Å². The number of hydrogen-bond acceptors (Lipinski definition) is 5. The first-order valence-electron chi connectivity index (χ1n) is 6.19. The van der Waals surface area contributed by atoms with E-state index in [1.54, 1.807) is 7.11 Å². The summed E-state index contributed by atoms with van der Waals surface area (Å²) in [6.07, 6.45) is 1.34. The molecule has 2 N–H and O–H groups in total. The van der Waals surface area contributed by atoms with Crippen molar-refractivity contribution in [3.8, 4) is 11.1 Å². The summed E-state index contributed by atoms with van der Waals surface area (Å²) in [6, 6.07) is 7.58. The molecule has 0 saturated carbocycles. The Morgan fingerprint density at radius 3 is 2.80 bits per heavy atom. The van der Waals surface area contributed by atoms with Crippen molar-refractivity contribution in [3.05, 3.63) is 41.8 Å². The molecular weight excluding hydrogens is 260 g/mol. The molecule has 0 radical (unpaired) electrons. The predicted octanol–water partition coefficient (Wildman–Crippen LogP) is 1.78. The van der Waals surface area contributed by atoms with Gasteiger partial charge in [-0.1, -0.05) is 29.4 Å². The van der Waals surface area contributed by atoms with Crippen molar-refractivity contribution in [3.63, 3.8) is 0 Å². The average Bonchev–Trinajstić information content (AvgIpc) is 2.94. The van der Waals surface area contributed by atoms with Gasteiger partial charge in [0.1, 0.15) is 6.26 Å². The Morgan fingerprint density at radius 1 is 1.40 bits per heavy atom. The Morgan fingerprint density at radius 2 is 2.15 bits per heavy atom. The van der Waals surface area contributed by atoms with E-state index in [9.17, 15) is 4.79 Å². The maximum Gasteiger partial charge on any atom is 0.358 e. The molecule has 0 aliphatic rings. The molecule has 0 aliphatic carbocycles. The quantitative estimate of drug-likeness (QED) is 0.750. The lowest BCUT2D eigenvalue weighted by molar-refractivity contribution is 0.0686. The van der Waals surface area contributed by atoms with Crippen LogP contribution in [-0.2, 0) is 11.3 Å². The van der Waals surface area contributed by atoms with Crippen molar-refractivity contribution in [2.24, 2.45) is 0 Å². The molecule has 0 bridgehead atoms. The molecule has 106 valence electrons. The minimum Gasteiger partial charge on any atom is -0.476 e. The topological polar surface area (TPSA) is 84.6 Å². The molecule has 0 amide bonds. The van der Waals surface area contributed by atoms with E-state index in [1.807, 2.05) is 24.3 Å². The second-order valence-electron chi connectivity index (χ2n) is 4.25. The highest BCUT2D eigenvalue weighted by molar-refractivity contribution is 5.93. The summed E-state index contributed by atoms with van der Waals surface area (Å²) in [5, 5.41) is 15.7. The van der Waals surface area contributed by atoms with E-state index in [1.165, 1.54) is 6.26 Å². The lowest BCUT2D eigenvalue weighted by Gasteiger charge is -2.05. The van der Waals surface area contributed by atoms with Gasteiger partial charge in [-0.25, -0.2) is 4.79 Å². The Labute approximate surface area is 116 Å². The van der Waals surface area contributed by atoms with Gasteiger partial charge in [0.25, 0.3) is 0 Å². The van der Waals surface area contributed by atoms with Gasteiger partial charge in [0, 0.05) is 20.2 Å². The van der Waals surface area contributed by atoms with E-state index in [0.29, 0.717) is 12.2 Å². The number of aromatic nitrogens is 1. The average molecular weight is 276 g/mol. The first-order valence-corrected chi connectivity index (χ1v) is 6.19. The fourth-order valence-electron chi connectivity index (χ4n) is 1.80. The smallest absolute Gasteiger partial charge is 0.358 e. The van der Waals surface area contributed by atoms with Crippen LogP contribution in [0.2, 0.25) is 0 Å². The van der Waals surface area contributed by atoms with Crippen molar-refractivity contribution < 1.29 is 19.2 Å². The lowest BCUT2D eigenvalue weighted by Crippen LogP contribution is -2.18. The largest absolute Gasteiger partial charge is 0.476 e. The number of ether oxygens (including phenoxy) is 1. The third-order valence-corrected chi connectivity index (χ3v) is 2.85. The molecular formula is C14H16N2O4. The monoisotopic (exact) mass is 276 g/mol. The fraction of sp³-hybridized carbons (Fsp3) is 0.286. The van der Waals surface area contributed by atoms with Gasteiger partial charge in [-0.2, -0.15) is 0 Å². The third-order valence-electron chi connectivity index (χ3n) is 2.85. The second-order valence-corrected chi connectivity index (χ2v) is 4.25. The summed E-state index contributed by atoms with van der Waals surface area (Å²) in [4.78, 5) is 11.0. The number of carboxylic acid groups (broad SMARTS) is 1. The van der Waals surface area contributed by atoms with Crippen LogP contribution in [0.25, 0.3) is 11.1 Å². The van der Waals surface area contributed by atoms with Crippen LogP contribution in [0.1, 0.15) is 16.1 Å². The van der Waals surface area contributed by atoms with Crippen LogP contribution >= 0.6 is 0 Å². The van der Waals surface area contributed by atoms with E-state index < -0.39 is 5.97 Å². The molecule has 20 heavy (non-hydrogen) atoms. The molecule has 1 aromatic heterocycles. The van der Waals surface area contributed by atoms with Gasteiger partial charge >= 0.3 is 5.97 Å². The Hall–Kier alpha value is -2.18. The number of hydrogen-bond donors (Lipinski definition) is 2. The molecule has 0 aliphatic heterocycles. The summed E-state index contributed by atoms with van der Waals surface area (Å²) in [5.41, 5.74) is 2.29. The molecule has 0 spiro atoms. The fourth-order valence-corrected chi connectivity index (χ4v) is 1.80. The van der Waals surface area contributed by atoms with Gasteiger partial charge in [0.05, 0.1) is 12.2 Å². The Bertz CT molecular complexity index is 563. The Kier molecular flexibility index (Phi) is 4.86. The molecule has 1 heterocycles. The van der Waals surface area contributed by atoms with Crippen LogP contribution in [0.3, 0.4) is 0 Å². The molecule has 6 nitrogen and oxygen atoms in total. The number of benzene rings is 1. The van der Waals surface area contributed by atoms with E-state index in [4.69, 9.17) is 14.4 Å². The van der Waals surface area contributed by atoms with Crippen LogP contribution < -0.4 is 5.32 Å². The maximum atomic E-state index is 11.0. The predicted molar refractivity (Wildman–Crippen MR) is 72.5 cm³/mol. The molecule has 0 atom stereocenters. The van der Waals surface area contributed by atoms with Crippen LogP contribution in [-0.4, -0.2) is 36.5 Å². The van der Waals surface area contributed by atoms with Gasteiger partial charge in [0.2, 0.25) is 0 Å². The number of carboxylic acids is 1. The molecule has 6 heteroatoms. The molecule has 0 fully saturated rings. The highest BCUT2D eigenvalue weighted by Crippen LogP contribution is 2.23.